The maximum Gasteiger partial charge on any atom is 0.126 e. The van der Waals surface area contributed by atoms with Crippen molar-refractivity contribution in [3.63, 3.8) is 0 Å². The van der Waals surface area contributed by atoms with Gasteiger partial charge in [0.05, 0.1) is 161 Å². The third-order valence-electron chi connectivity index (χ3n) is 10.8. The standard InChI is InChI=1S/C47H98N2O18/c1-7-8-9-10-11-12-13-14-15-16-17-49(5,6)19-39(54)24-58-28-42(57)29-65-43(21-51)30-62-36-47(33-61-27-41(56)26-59-25-40(55)20-50)67-46(32-60-23-38(53)18-48(2,3)4)37-64-35-45-34-63-31-44(22-52)66-45/h38-47,50-57H,7-37H2,1-6H3/q+2. The molecule has 1 fully saturated rings. The van der Waals surface area contributed by atoms with Crippen LogP contribution in [0.1, 0.15) is 71.1 Å². The highest BCUT2D eigenvalue weighted by Crippen LogP contribution is 2.14. The van der Waals surface area contributed by atoms with Crippen LogP contribution in [0.15, 0.2) is 0 Å². The van der Waals surface area contributed by atoms with E-state index in [4.69, 9.17) is 52.5 Å². The van der Waals surface area contributed by atoms with Crippen LogP contribution in [0.2, 0.25) is 0 Å². The predicted molar refractivity (Wildman–Crippen MR) is 251 cm³/mol. The molecule has 0 aromatic rings. The van der Waals surface area contributed by atoms with E-state index in [0.717, 1.165) is 13.0 Å². The highest BCUT2D eigenvalue weighted by molar-refractivity contribution is 4.70. The van der Waals surface area contributed by atoms with Crippen LogP contribution in [0.4, 0.5) is 0 Å². The Balaban J connectivity index is 2.70. The number of aliphatic hydroxyl groups is 8. The van der Waals surface area contributed by atoms with Gasteiger partial charge in [-0.1, -0.05) is 58.3 Å². The number of rotatable bonds is 47. The van der Waals surface area contributed by atoms with Crippen LogP contribution >= 0.6 is 0 Å². The van der Waals surface area contributed by atoms with Crippen LogP contribution in [-0.4, -0.2) is 285 Å². The second-order valence-corrected chi connectivity index (χ2v) is 19.8. The Morgan fingerprint density at radius 1 is 0.478 bits per heavy atom. The van der Waals surface area contributed by atoms with Crippen LogP contribution in [0, 0.1) is 0 Å². The molecule has 20 heteroatoms. The molecule has 0 spiro atoms. The highest BCUT2D eigenvalue weighted by atomic mass is 16.6. The SMILES string of the molecule is CCCCCCCCCCCC[N+](C)(C)CC(O)COCC(O)COC(CO)COCC(COCC(O)COCC(O)CO)OC(COCC(O)C[N+](C)(C)C)COCC1COCC(CO)O1. The second-order valence-electron chi connectivity index (χ2n) is 19.8. The van der Waals surface area contributed by atoms with Gasteiger partial charge in [-0.15, -0.1) is 0 Å². The van der Waals surface area contributed by atoms with Gasteiger partial charge in [0.2, 0.25) is 0 Å². The van der Waals surface area contributed by atoms with Gasteiger partial charge in [0.15, 0.2) is 0 Å². The number of hydrogen-bond acceptors (Lipinski definition) is 18. The van der Waals surface area contributed by atoms with Crippen LogP contribution in [0.5, 0.6) is 0 Å². The number of likely N-dealkylation sites (N-methyl/N-ethyl adjacent to an activating group) is 2. The van der Waals surface area contributed by atoms with Crippen molar-refractivity contribution in [2.24, 2.45) is 0 Å². The minimum absolute atomic E-state index is 0.0330. The molecule has 10 unspecified atom stereocenters. The number of aliphatic hydroxyl groups excluding tert-OH is 8. The summed E-state index contributed by atoms with van der Waals surface area (Å²) in [6.07, 6.45) is 5.13. The summed E-state index contributed by atoms with van der Waals surface area (Å²) in [6, 6.07) is 0. The fourth-order valence-electron chi connectivity index (χ4n) is 7.38. The van der Waals surface area contributed by atoms with Gasteiger partial charge in [-0.3, -0.25) is 0 Å². The van der Waals surface area contributed by atoms with E-state index in [9.17, 15) is 35.7 Å². The topological polar surface area (TPSA) is 254 Å². The summed E-state index contributed by atoms with van der Waals surface area (Å²) in [5.74, 6) is 0. The molecule has 1 aliphatic heterocycles. The maximum atomic E-state index is 10.7. The third kappa shape index (κ3) is 37.6. The van der Waals surface area contributed by atoms with E-state index < -0.39 is 74.3 Å². The molecule has 402 valence electrons. The van der Waals surface area contributed by atoms with E-state index in [1.165, 1.54) is 57.8 Å². The quantitative estimate of drug-likeness (QED) is 0.0283. The Kier molecular flexibility index (Phi) is 38.1. The molecule has 0 bridgehead atoms. The van der Waals surface area contributed by atoms with Gasteiger partial charge in [0.25, 0.3) is 0 Å². The van der Waals surface area contributed by atoms with Crippen molar-refractivity contribution in [1.82, 2.24) is 0 Å². The lowest BCUT2D eigenvalue weighted by atomic mass is 10.1. The van der Waals surface area contributed by atoms with E-state index in [0.29, 0.717) is 28.7 Å². The summed E-state index contributed by atoms with van der Waals surface area (Å²) in [5, 5.41) is 80.3. The zero-order valence-electron chi connectivity index (χ0n) is 42.2. The van der Waals surface area contributed by atoms with Crippen molar-refractivity contribution in [2.75, 3.05) is 174 Å². The first kappa shape index (κ1) is 64.2. The molecule has 20 nitrogen and oxygen atoms in total. The molecule has 10 atom stereocenters. The summed E-state index contributed by atoms with van der Waals surface area (Å²) in [5.41, 5.74) is 0. The van der Waals surface area contributed by atoms with Crippen molar-refractivity contribution >= 4 is 0 Å². The molecule has 0 radical (unpaired) electrons. The lowest BCUT2D eigenvalue weighted by Crippen LogP contribution is -2.47. The van der Waals surface area contributed by atoms with Gasteiger partial charge in [-0.2, -0.15) is 0 Å². The van der Waals surface area contributed by atoms with Gasteiger partial charge in [0, 0.05) is 0 Å². The Morgan fingerprint density at radius 3 is 1.46 bits per heavy atom. The van der Waals surface area contributed by atoms with Crippen LogP contribution in [-0.2, 0) is 47.4 Å². The first-order valence-corrected chi connectivity index (χ1v) is 24.8. The molecule has 1 heterocycles. The molecule has 1 aliphatic rings. The largest absolute Gasteiger partial charge is 0.394 e. The number of ether oxygens (including phenoxy) is 10. The normalized spacial score (nSPS) is 19.8. The van der Waals surface area contributed by atoms with Gasteiger partial charge < -0.3 is 97.2 Å². The van der Waals surface area contributed by atoms with Crippen LogP contribution in [0.3, 0.4) is 0 Å². The molecule has 0 aromatic carbocycles. The molecule has 8 N–H and O–H groups in total. The van der Waals surface area contributed by atoms with Crippen molar-refractivity contribution in [2.45, 2.75) is 132 Å². The summed E-state index contributed by atoms with van der Waals surface area (Å²) in [4.78, 5) is 0. The average Bonchev–Trinajstić information content (AvgIpc) is 3.27. The molecule has 0 saturated carbocycles. The van der Waals surface area contributed by atoms with Gasteiger partial charge in [0.1, 0.15) is 74.1 Å². The molecule has 1 saturated heterocycles. The smallest absolute Gasteiger partial charge is 0.126 e. The maximum absolute atomic E-state index is 10.7. The summed E-state index contributed by atoms with van der Waals surface area (Å²) >= 11 is 0. The molecular weight excluding hydrogens is 881 g/mol. The zero-order chi connectivity index (χ0) is 49.8. The summed E-state index contributed by atoms with van der Waals surface area (Å²) < 4.78 is 59.1. The number of nitrogens with zero attached hydrogens (tertiary/aromatic N) is 2. The fourth-order valence-corrected chi connectivity index (χ4v) is 7.38. The van der Waals surface area contributed by atoms with Gasteiger partial charge in [-0.05, 0) is 12.8 Å². The van der Waals surface area contributed by atoms with Crippen molar-refractivity contribution < 1.29 is 97.2 Å². The minimum atomic E-state index is -1.07. The van der Waals surface area contributed by atoms with Gasteiger partial charge >= 0.3 is 0 Å². The van der Waals surface area contributed by atoms with E-state index in [1.807, 2.05) is 21.1 Å². The molecular formula is C47H98N2O18+2. The van der Waals surface area contributed by atoms with Crippen molar-refractivity contribution in [1.29, 1.82) is 0 Å². The Hall–Kier alpha value is -0.800. The monoisotopic (exact) mass is 979 g/mol. The Labute approximate surface area is 402 Å². The second kappa shape index (κ2) is 39.8. The number of quaternary nitrogens is 2. The average molecular weight is 979 g/mol. The van der Waals surface area contributed by atoms with Crippen LogP contribution in [0.25, 0.3) is 0 Å². The molecule has 1 rings (SSSR count). The van der Waals surface area contributed by atoms with E-state index in [1.54, 1.807) is 0 Å². The zero-order valence-corrected chi connectivity index (χ0v) is 42.2. The third-order valence-corrected chi connectivity index (χ3v) is 10.8. The predicted octanol–water partition coefficient (Wildman–Crippen LogP) is -0.506. The molecule has 0 amide bonds. The lowest BCUT2D eigenvalue weighted by molar-refractivity contribution is -0.893. The van der Waals surface area contributed by atoms with E-state index >= 15 is 0 Å². The lowest BCUT2D eigenvalue weighted by Gasteiger charge is -2.32. The van der Waals surface area contributed by atoms with Crippen molar-refractivity contribution in [3.8, 4) is 0 Å². The Bertz CT molecular complexity index is 1110. The fraction of sp³-hybridized carbons (Fsp3) is 1.00. The molecule has 67 heavy (non-hydrogen) atoms. The van der Waals surface area contributed by atoms with E-state index in [-0.39, 0.29) is 99.1 Å². The molecule has 0 aromatic heterocycles. The molecule has 0 aliphatic carbocycles. The van der Waals surface area contributed by atoms with Crippen LogP contribution < -0.4 is 0 Å². The first-order chi connectivity index (χ1) is 32.0. The Morgan fingerprint density at radius 2 is 0.925 bits per heavy atom. The van der Waals surface area contributed by atoms with Crippen molar-refractivity contribution in [3.05, 3.63) is 0 Å². The summed E-state index contributed by atoms with van der Waals surface area (Å²) in [6.45, 7) is 3.25. The minimum Gasteiger partial charge on any atom is -0.394 e. The van der Waals surface area contributed by atoms with Gasteiger partial charge in [-0.25, -0.2) is 0 Å². The summed E-state index contributed by atoms with van der Waals surface area (Å²) in [7, 11) is 10.1. The number of hydrogen-bond donors (Lipinski definition) is 8. The number of unbranched alkanes of at least 4 members (excludes halogenated alkanes) is 9. The first-order valence-electron chi connectivity index (χ1n) is 24.8. The van der Waals surface area contributed by atoms with E-state index in [2.05, 4.69) is 21.0 Å². The highest BCUT2D eigenvalue weighted by Gasteiger charge is 2.26.